The van der Waals surface area contributed by atoms with Crippen molar-refractivity contribution in [1.29, 1.82) is 0 Å². The Morgan fingerprint density at radius 3 is 2.59 bits per heavy atom. The normalized spacial score (nSPS) is 25.1. The van der Waals surface area contributed by atoms with Gasteiger partial charge in [0.05, 0.1) is 5.92 Å². The first-order valence-electron chi connectivity index (χ1n) is 6.71. The van der Waals surface area contributed by atoms with E-state index in [4.69, 9.17) is 0 Å². The molecule has 0 spiro atoms. The standard InChI is InChI=1S/C15H19NO/c1-11-13-9-5-6-10-14(13)16(15(11)17)12-7-3-2-4-8-12/h5-6,9-12H,2-4,7-8H2,1H3/t11-/m1/s1. The minimum Gasteiger partial charge on any atom is -0.309 e. The zero-order valence-corrected chi connectivity index (χ0v) is 10.4. The monoisotopic (exact) mass is 229 g/mol. The fraction of sp³-hybridized carbons (Fsp3) is 0.533. The van der Waals surface area contributed by atoms with E-state index in [2.05, 4.69) is 17.0 Å². The molecule has 0 unspecified atom stereocenters. The second-order valence-corrected chi connectivity index (χ2v) is 5.28. The second-order valence-electron chi connectivity index (χ2n) is 5.28. The highest BCUT2D eigenvalue weighted by molar-refractivity contribution is 6.05. The van der Waals surface area contributed by atoms with Crippen LogP contribution in [0, 0.1) is 0 Å². The highest BCUT2D eigenvalue weighted by Gasteiger charge is 2.38. The first kappa shape index (κ1) is 10.8. The minimum absolute atomic E-state index is 0.0492. The Kier molecular flexibility index (Phi) is 2.65. The van der Waals surface area contributed by atoms with Gasteiger partial charge in [0.15, 0.2) is 0 Å². The zero-order chi connectivity index (χ0) is 11.8. The van der Waals surface area contributed by atoms with Gasteiger partial charge in [0, 0.05) is 11.7 Å². The van der Waals surface area contributed by atoms with Gasteiger partial charge >= 0.3 is 0 Å². The van der Waals surface area contributed by atoms with E-state index in [1.807, 2.05) is 19.1 Å². The Balaban J connectivity index is 1.97. The second kappa shape index (κ2) is 4.17. The summed E-state index contributed by atoms with van der Waals surface area (Å²) in [7, 11) is 0. The summed E-state index contributed by atoms with van der Waals surface area (Å²) >= 11 is 0. The molecule has 17 heavy (non-hydrogen) atoms. The van der Waals surface area contributed by atoms with Gasteiger partial charge in [-0.2, -0.15) is 0 Å². The summed E-state index contributed by atoms with van der Waals surface area (Å²) in [5.41, 5.74) is 2.37. The number of benzene rings is 1. The van der Waals surface area contributed by atoms with Crippen LogP contribution < -0.4 is 4.90 Å². The van der Waals surface area contributed by atoms with Crippen molar-refractivity contribution < 1.29 is 4.79 Å². The molecule has 1 fully saturated rings. The summed E-state index contributed by atoms with van der Waals surface area (Å²) in [4.78, 5) is 14.5. The third-order valence-electron chi connectivity index (χ3n) is 4.21. The number of carbonyl (C=O) groups is 1. The molecule has 2 aliphatic rings. The van der Waals surface area contributed by atoms with Gasteiger partial charge in [-0.1, -0.05) is 37.5 Å². The maximum atomic E-state index is 12.4. The van der Waals surface area contributed by atoms with Gasteiger partial charge in [0.25, 0.3) is 0 Å². The molecular formula is C15H19NO. The molecule has 1 atom stereocenters. The number of rotatable bonds is 1. The molecule has 1 heterocycles. The summed E-state index contributed by atoms with van der Waals surface area (Å²) in [5, 5.41) is 0. The van der Waals surface area contributed by atoms with Gasteiger partial charge in [0.2, 0.25) is 5.91 Å². The Labute approximate surface area is 103 Å². The maximum Gasteiger partial charge on any atom is 0.234 e. The Morgan fingerprint density at radius 2 is 1.82 bits per heavy atom. The van der Waals surface area contributed by atoms with Crippen molar-refractivity contribution in [2.75, 3.05) is 4.90 Å². The van der Waals surface area contributed by atoms with Gasteiger partial charge < -0.3 is 4.90 Å². The largest absolute Gasteiger partial charge is 0.309 e. The van der Waals surface area contributed by atoms with Gasteiger partial charge in [-0.3, -0.25) is 4.79 Å². The van der Waals surface area contributed by atoms with Crippen LogP contribution in [0.1, 0.15) is 50.5 Å². The van der Waals surface area contributed by atoms with E-state index in [0.29, 0.717) is 11.9 Å². The number of carbonyl (C=O) groups excluding carboxylic acids is 1. The molecule has 1 saturated carbocycles. The highest BCUT2D eigenvalue weighted by atomic mass is 16.2. The fourth-order valence-corrected chi connectivity index (χ4v) is 3.25. The molecule has 3 rings (SSSR count). The van der Waals surface area contributed by atoms with Crippen molar-refractivity contribution in [2.24, 2.45) is 0 Å². The number of anilines is 1. The van der Waals surface area contributed by atoms with Gasteiger partial charge in [-0.15, -0.1) is 0 Å². The molecule has 2 heteroatoms. The van der Waals surface area contributed by atoms with Crippen LogP contribution in [0.25, 0.3) is 0 Å². The molecule has 0 aromatic heterocycles. The molecule has 0 bridgehead atoms. The van der Waals surface area contributed by atoms with Gasteiger partial charge in [0.1, 0.15) is 0 Å². The van der Waals surface area contributed by atoms with Crippen molar-refractivity contribution in [3.8, 4) is 0 Å². The first-order chi connectivity index (χ1) is 8.29. The number of hydrogen-bond acceptors (Lipinski definition) is 1. The highest BCUT2D eigenvalue weighted by Crippen LogP contribution is 2.40. The van der Waals surface area contributed by atoms with Crippen LogP contribution in [0.5, 0.6) is 0 Å². The molecule has 2 nitrogen and oxygen atoms in total. The lowest BCUT2D eigenvalue weighted by atomic mass is 9.94. The summed E-state index contributed by atoms with van der Waals surface area (Å²) in [6.45, 7) is 2.03. The van der Waals surface area contributed by atoms with Crippen LogP contribution in [-0.2, 0) is 4.79 Å². The van der Waals surface area contributed by atoms with E-state index in [1.165, 1.54) is 37.7 Å². The van der Waals surface area contributed by atoms with Crippen LogP contribution in [-0.4, -0.2) is 11.9 Å². The molecule has 1 aliphatic heterocycles. The molecule has 0 radical (unpaired) electrons. The maximum absolute atomic E-state index is 12.4. The predicted octanol–water partition coefficient (Wildman–Crippen LogP) is 3.47. The smallest absolute Gasteiger partial charge is 0.234 e. The third-order valence-corrected chi connectivity index (χ3v) is 4.21. The summed E-state index contributed by atoms with van der Waals surface area (Å²) in [5.74, 6) is 0.353. The molecule has 1 aromatic carbocycles. The first-order valence-corrected chi connectivity index (χ1v) is 6.71. The number of para-hydroxylation sites is 1. The van der Waals surface area contributed by atoms with E-state index in [9.17, 15) is 4.79 Å². The summed E-state index contributed by atoms with van der Waals surface area (Å²) < 4.78 is 0. The fourth-order valence-electron chi connectivity index (χ4n) is 3.25. The van der Waals surface area contributed by atoms with Crippen molar-refractivity contribution >= 4 is 11.6 Å². The van der Waals surface area contributed by atoms with Crippen LogP contribution in [0.4, 0.5) is 5.69 Å². The lowest BCUT2D eigenvalue weighted by molar-refractivity contribution is -0.119. The average Bonchev–Trinajstić information content (AvgIpc) is 2.64. The lowest BCUT2D eigenvalue weighted by Crippen LogP contribution is -2.39. The topological polar surface area (TPSA) is 20.3 Å². The molecule has 0 saturated heterocycles. The van der Waals surface area contributed by atoms with Crippen molar-refractivity contribution in [3.63, 3.8) is 0 Å². The molecule has 0 N–H and O–H groups in total. The quantitative estimate of drug-likeness (QED) is 0.722. The lowest BCUT2D eigenvalue weighted by Gasteiger charge is -2.31. The van der Waals surface area contributed by atoms with E-state index < -0.39 is 0 Å². The van der Waals surface area contributed by atoms with Crippen molar-refractivity contribution in [2.45, 2.75) is 51.0 Å². The molecule has 1 aliphatic carbocycles. The zero-order valence-electron chi connectivity index (χ0n) is 10.4. The summed E-state index contributed by atoms with van der Waals surface area (Å²) in [6, 6.07) is 8.72. The van der Waals surface area contributed by atoms with Crippen LogP contribution in [0.3, 0.4) is 0 Å². The Hall–Kier alpha value is -1.31. The number of fused-ring (bicyclic) bond motifs is 1. The van der Waals surface area contributed by atoms with Crippen LogP contribution in [0.15, 0.2) is 24.3 Å². The SMILES string of the molecule is C[C@H]1C(=O)N(C2CCCCC2)c2ccccc21. The minimum atomic E-state index is 0.0492. The Morgan fingerprint density at radius 1 is 1.12 bits per heavy atom. The van der Waals surface area contributed by atoms with Gasteiger partial charge in [-0.05, 0) is 31.4 Å². The summed E-state index contributed by atoms with van der Waals surface area (Å²) in [6.07, 6.45) is 6.21. The number of hydrogen-bond donors (Lipinski definition) is 0. The van der Waals surface area contributed by atoms with Crippen LogP contribution >= 0.6 is 0 Å². The van der Waals surface area contributed by atoms with Crippen molar-refractivity contribution in [1.82, 2.24) is 0 Å². The molecule has 90 valence electrons. The van der Waals surface area contributed by atoms with Crippen LogP contribution in [0.2, 0.25) is 0 Å². The molecule has 1 aromatic rings. The van der Waals surface area contributed by atoms with E-state index in [0.717, 1.165) is 5.69 Å². The third kappa shape index (κ3) is 1.67. The van der Waals surface area contributed by atoms with E-state index >= 15 is 0 Å². The predicted molar refractivity (Wildman–Crippen MR) is 69.2 cm³/mol. The number of nitrogens with zero attached hydrogens (tertiary/aromatic N) is 1. The molecular weight excluding hydrogens is 210 g/mol. The van der Waals surface area contributed by atoms with Crippen molar-refractivity contribution in [3.05, 3.63) is 29.8 Å². The van der Waals surface area contributed by atoms with Gasteiger partial charge in [-0.25, -0.2) is 0 Å². The average molecular weight is 229 g/mol. The van der Waals surface area contributed by atoms with E-state index in [1.54, 1.807) is 0 Å². The Bertz CT molecular complexity index is 434. The van der Waals surface area contributed by atoms with E-state index in [-0.39, 0.29) is 5.92 Å². The number of amides is 1. The molecule has 1 amide bonds.